The summed E-state index contributed by atoms with van der Waals surface area (Å²) in [6.07, 6.45) is 0. The Balaban J connectivity index is 0.000000409. The summed E-state index contributed by atoms with van der Waals surface area (Å²) in [6.45, 7) is 6.02. The topological polar surface area (TPSA) is 38.0 Å². The van der Waals surface area contributed by atoms with Gasteiger partial charge >= 0.3 is 142 Å². The fourth-order valence-electron chi connectivity index (χ4n) is 3.06. The van der Waals surface area contributed by atoms with Gasteiger partial charge in [-0.2, -0.15) is 0 Å². The normalized spacial score (nSPS) is 10.7. The zero-order valence-corrected chi connectivity index (χ0v) is 20.7. The van der Waals surface area contributed by atoms with E-state index >= 15 is 0 Å². The summed E-state index contributed by atoms with van der Waals surface area (Å²) in [4.78, 5) is 0. The summed E-state index contributed by atoms with van der Waals surface area (Å²) in [5, 5.41) is 0. The number of benzene rings is 3. The van der Waals surface area contributed by atoms with Crippen molar-refractivity contribution in [2.24, 2.45) is 5.84 Å². The van der Waals surface area contributed by atoms with Crippen molar-refractivity contribution in [1.29, 1.82) is 0 Å². The van der Waals surface area contributed by atoms with E-state index in [1.165, 1.54) is 29.2 Å². The van der Waals surface area contributed by atoms with Crippen molar-refractivity contribution in [2.75, 3.05) is 0 Å². The standard InChI is InChI=1S/3C7H7.C4H12N2.In/c3*1-7-5-3-2-4-6-7;1-4(2,3)6-5;/h3*2-6H,1H2;6H,5H2,1-3H3;. The van der Waals surface area contributed by atoms with Gasteiger partial charge in [0.15, 0.2) is 0 Å². The Morgan fingerprint density at radius 3 is 1.07 bits per heavy atom. The number of rotatable bonds is 6. The molecule has 0 radical (unpaired) electrons. The maximum absolute atomic E-state index is 5.06. The van der Waals surface area contributed by atoms with Crippen molar-refractivity contribution in [3.63, 3.8) is 0 Å². The molecule has 0 amide bonds. The first-order chi connectivity index (χ1) is 13.5. The number of hydrazine groups is 1. The van der Waals surface area contributed by atoms with Crippen molar-refractivity contribution in [3.05, 3.63) is 108 Å². The molecule has 0 unspecified atom stereocenters. The zero-order valence-electron chi connectivity index (χ0n) is 17.4. The van der Waals surface area contributed by atoms with Gasteiger partial charge in [-0.1, -0.05) is 0 Å². The van der Waals surface area contributed by atoms with Crippen LogP contribution in [0.3, 0.4) is 0 Å². The van der Waals surface area contributed by atoms with Crippen LogP contribution in [0.4, 0.5) is 0 Å². The summed E-state index contributed by atoms with van der Waals surface area (Å²) in [6, 6.07) is 33.1. The van der Waals surface area contributed by atoms with Gasteiger partial charge in [0.25, 0.3) is 0 Å². The molecule has 0 bridgehead atoms. The second kappa shape index (κ2) is 12.1. The molecule has 0 aliphatic rings. The first kappa shape index (κ1) is 22.7. The average molecular weight is 476 g/mol. The van der Waals surface area contributed by atoms with Gasteiger partial charge < -0.3 is 0 Å². The quantitative estimate of drug-likeness (QED) is 0.385. The van der Waals surface area contributed by atoms with E-state index in [0.717, 1.165) is 0 Å². The number of hydrogen-bond donors (Lipinski definition) is 2. The van der Waals surface area contributed by atoms with Crippen LogP contribution in [0.5, 0.6) is 0 Å². The Labute approximate surface area is 178 Å². The van der Waals surface area contributed by atoms with Crippen molar-refractivity contribution >= 4 is 21.4 Å². The molecule has 2 nitrogen and oxygen atoms in total. The summed E-state index contributed by atoms with van der Waals surface area (Å²) in [5.41, 5.74) is 7.24. The fraction of sp³-hybridized carbons (Fsp3) is 0.280. The van der Waals surface area contributed by atoms with Gasteiger partial charge in [-0.3, -0.25) is 11.3 Å². The Bertz CT molecular complexity index is 669. The van der Waals surface area contributed by atoms with Gasteiger partial charge in [0.05, 0.1) is 0 Å². The minimum absolute atomic E-state index is 0.0694. The first-order valence-corrected chi connectivity index (χ1v) is 17.0. The van der Waals surface area contributed by atoms with Crippen LogP contribution in [0.2, 0.25) is 0 Å². The Morgan fingerprint density at radius 1 is 0.607 bits per heavy atom. The molecule has 0 saturated carbocycles. The SMILES string of the molecule is CC(C)(C)NN.c1ccc([CH2][In]([CH2]c2ccccc2)[CH2]c2ccccc2)cc1. The monoisotopic (exact) mass is 476 g/mol. The van der Waals surface area contributed by atoms with E-state index in [1.54, 1.807) is 0 Å². The van der Waals surface area contributed by atoms with E-state index in [-0.39, 0.29) is 5.54 Å². The Hall–Kier alpha value is -1.55. The maximum atomic E-state index is 5.06. The van der Waals surface area contributed by atoms with E-state index in [9.17, 15) is 0 Å². The first-order valence-electron chi connectivity index (χ1n) is 10.1. The molecular weight excluding hydrogens is 443 g/mol. The molecule has 28 heavy (non-hydrogen) atoms. The van der Waals surface area contributed by atoms with E-state index in [2.05, 4.69) is 96.4 Å². The molecule has 0 spiro atoms. The van der Waals surface area contributed by atoms with Crippen molar-refractivity contribution in [1.82, 2.24) is 5.43 Å². The Kier molecular flexibility index (Phi) is 9.83. The molecule has 3 rings (SSSR count). The third kappa shape index (κ3) is 9.59. The second-order valence-corrected chi connectivity index (χ2v) is 16.8. The molecule has 0 aromatic heterocycles. The molecule has 0 aliphatic heterocycles. The van der Waals surface area contributed by atoms with E-state index in [4.69, 9.17) is 5.84 Å². The van der Waals surface area contributed by atoms with Crippen molar-refractivity contribution < 1.29 is 0 Å². The molecule has 0 aliphatic carbocycles. The third-order valence-electron chi connectivity index (χ3n) is 4.53. The summed E-state index contributed by atoms with van der Waals surface area (Å²) >= 11 is -1.70. The van der Waals surface area contributed by atoms with Crippen LogP contribution in [-0.2, 0) is 12.5 Å². The van der Waals surface area contributed by atoms with E-state index in [0.29, 0.717) is 0 Å². The van der Waals surface area contributed by atoms with E-state index in [1.807, 2.05) is 20.8 Å². The molecule has 3 heteroatoms. The van der Waals surface area contributed by atoms with Crippen LogP contribution in [0.25, 0.3) is 0 Å². The predicted octanol–water partition coefficient (Wildman–Crippen LogP) is 5.08. The summed E-state index contributed by atoms with van der Waals surface area (Å²) in [5.74, 6) is 5.06. The van der Waals surface area contributed by atoms with Crippen molar-refractivity contribution in [2.45, 2.75) is 38.8 Å². The zero-order chi connectivity index (χ0) is 20.2. The molecule has 3 aromatic carbocycles. The average Bonchev–Trinajstić information content (AvgIpc) is 2.70. The third-order valence-corrected chi connectivity index (χ3v) is 13.5. The predicted molar refractivity (Wildman–Crippen MR) is 123 cm³/mol. The molecule has 0 fully saturated rings. The van der Waals surface area contributed by atoms with Crippen LogP contribution >= 0.6 is 0 Å². The van der Waals surface area contributed by atoms with Crippen LogP contribution in [0, 0.1) is 0 Å². The second-order valence-electron chi connectivity index (χ2n) is 8.33. The number of nitrogens with two attached hydrogens (primary N) is 1. The van der Waals surface area contributed by atoms with E-state index < -0.39 is 21.4 Å². The van der Waals surface area contributed by atoms with Gasteiger partial charge in [0, 0.05) is 5.54 Å². The molecule has 3 aromatic rings. The Morgan fingerprint density at radius 2 is 0.857 bits per heavy atom. The van der Waals surface area contributed by atoms with Gasteiger partial charge in [-0.25, -0.2) is 0 Å². The molecule has 0 atom stereocenters. The molecule has 146 valence electrons. The minimum atomic E-state index is -1.70. The van der Waals surface area contributed by atoms with Gasteiger partial charge in [0.1, 0.15) is 0 Å². The number of nitrogens with one attached hydrogen (secondary N) is 1. The van der Waals surface area contributed by atoms with Crippen molar-refractivity contribution in [3.8, 4) is 0 Å². The fourth-order valence-corrected chi connectivity index (χ4v) is 12.3. The molecule has 3 N–H and O–H groups in total. The molecular formula is C25H33InN2. The summed E-state index contributed by atoms with van der Waals surface area (Å²) in [7, 11) is 0. The molecule has 0 heterocycles. The van der Waals surface area contributed by atoms with Gasteiger partial charge in [-0.15, -0.1) is 0 Å². The van der Waals surface area contributed by atoms with Gasteiger partial charge in [0.2, 0.25) is 0 Å². The van der Waals surface area contributed by atoms with Crippen LogP contribution in [0.15, 0.2) is 91.0 Å². The number of hydrogen-bond acceptors (Lipinski definition) is 2. The van der Waals surface area contributed by atoms with Crippen LogP contribution < -0.4 is 11.3 Å². The van der Waals surface area contributed by atoms with Gasteiger partial charge in [-0.05, 0) is 20.8 Å². The molecule has 0 saturated heterocycles. The summed E-state index contributed by atoms with van der Waals surface area (Å²) < 4.78 is 4.02. The van der Waals surface area contributed by atoms with Crippen LogP contribution in [0.1, 0.15) is 37.5 Å². The van der Waals surface area contributed by atoms with Crippen LogP contribution in [-0.4, -0.2) is 27.0 Å².